The molecule has 0 saturated carbocycles. The van der Waals surface area contributed by atoms with Gasteiger partial charge in [-0.05, 0) is 61.4 Å². The van der Waals surface area contributed by atoms with Gasteiger partial charge in [-0.2, -0.15) is 9.78 Å². The maximum absolute atomic E-state index is 13.8. The lowest BCUT2D eigenvalue weighted by atomic mass is 10.0. The van der Waals surface area contributed by atoms with E-state index < -0.39 is 17.9 Å². The molecule has 0 unspecified atom stereocenters. The van der Waals surface area contributed by atoms with Crippen LogP contribution >= 0.6 is 24.0 Å². The molecule has 8 nitrogen and oxygen atoms in total. The molecule has 5 aromatic rings. The summed E-state index contributed by atoms with van der Waals surface area (Å²) in [5.41, 5.74) is 4.76. The van der Waals surface area contributed by atoms with Crippen LogP contribution in [0.4, 0.5) is 0 Å². The van der Waals surface area contributed by atoms with Crippen LogP contribution < -0.4 is 4.74 Å². The number of H-pyrrole nitrogens is 1. The first-order valence-electron chi connectivity index (χ1n) is 13.2. The number of thiocarbonyl (C=S) groups is 1. The summed E-state index contributed by atoms with van der Waals surface area (Å²) in [6, 6.07) is 23.7. The first kappa shape index (κ1) is 27.5. The maximum atomic E-state index is 13.8. The number of aliphatic carboxylic acids is 1. The van der Waals surface area contributed by atoms with E-state index in [1.165, 1.54) is 4.90 Å². The minimum atomic E-state index is -1.17. The number of thioether (sulfide) groups is 1. The molecule has 1 amide bonds. The Balaban J connectivity index is 1.38. The Labute approximate surface area is 251 Å². The Morgan fingerprint density at radius 3 is 2.62 bits per heavy atom. The normalized spacial score (nSPS) is 15.1. The number of aryl methyl sites for hydroxylation is 2. The van der Waals surface area contributed by atoms with Gasteiger partial charge in [0.15, 0.2) is 0 Å². The fraction of sp³-hybridized carbons (Fsp3) is 0.125. The second-order valence-corrected chi connectivity index (χ2v) is 11.6. The monoisotopic (exact) mass is 594 g/mol. The summed E-state index contributed by atoms with van der Waals surface area (Å²) in [7, 11) is 0. The maximum Gasteiger partial charge on any atom is 0.327 e. The van der Waals surface area contributed by atoms with Crippen LogP contribution in [-0.4, -0.2) is 47.0 Å². The Hall–Kier alpha value is -4.67. The van der Waals surface area contributed by atoms with Gasteiger partial charge in [0.25, 0.3) is 5.91 Å². The van der Waals surface area contributed by atoms with Gasteiger partial charge < -0.3 is 14.8 Å². The van der Waals surface area contributed by atoms with Crippen molar-refractivity contribution in [2.45, 2.75) is 26.3 Å². The van der Waals surface area contributed by atoms with E-state index in [9.17, 15) is 14.7 Å². The lowest BCUT2D eigenvalue weighted by Crippen LogP contribution is -2.45. The number of amides is 1. The van der Waals surface area contributed by atoms with Crippen LogP contribution in [-0.2, 0) is 16.0 Å². The first-order chi connectivity index (χ1) is 20.3. The number of nitrogens with one attached hydrogen (secondary N) is 1. The van der Waals surface area contributed by atoms with E-state index in [1.54, 1.807) is 17.0 Å². The van der Waals surface area contributed by atoms with Gasteiger partial charge in [-0.25, -0.2) is 4.79 Å². The van der Waals surface area contributed by atoms with E-state index >= 15 is 0 Å². The fourth-order valence-electron chi connectivity index (χ4n) is 4.99. The predicted molar refractivity (Wildman–Crippen MR) is 168 cm³/mol. The predicted octanol–water partition coefficient (Wildman–Crippen LogP) is 6.66. The molecular formula is C32H26N4O4S2. The third kappa shape index (κ3) is 5.22. The molecular weight excluding hydrogens is 569 g/mol. The van der Waals surface area contributed by atoms with Crippen molar-refractivity contribution >= 4 is 57.2 Å². The second-order valence-electron chi connectivity index (χ2n) is 9.94. The number of aromatic amines is 1. The number of carbonyl (C=O) groups excluding carboxylic acids is 1. The molecule has 0 aliphatic carbocycles. The number of para-hydroxylation sites is 2. The third-order valence-electron chi connectivity index (χ3n) is 7.05. The minimum Gasteiger partial charge on any atom is -0.480 e. The highest BCUT2D eigenvalue weighted by Gasteiger charge is 2.41. The highest BCUT2D eigenvalue weighted by molar-refractivity contribution is 8.26. The van der Waals surface area contributed by atoms with Crippen LogP contribution in [0, 0.1) is 13.8 Å². The van der Waals surface area contributed by atoms with E-state index in [1.807, 2.05) is 92.7 Å². The SMILES string of the molecule is Cc1cccc(Oc2c(/C=C3\SC(=S)N([C@@H](Cc4c[nH]c5ccccc45)C(=O)O)C3=O)c(C)nn2-c2ccccc2)c1. The summed E-state index contributed by atoms with van der Waals surface area (Å²) in [4.78, 5) is 30.9. The second kappa shape index (κ2) is 11.3. The van der Waals surface area contributed by atoms with E-state index in [0.29, 0.717) is 27.8 Å². The number of benzene rings is 3. The largest absolute Gasteiger partial charge is 0.480 e. The van der Waals surface area contributed by atoms with Crippen LogP contribution in [0.15, 0.2) is 90.0 Å². The summed E-state index contributed by atoms with van der Waals surface area (Å²) in [6.07, 6.45) is 3.58. The van der Waals surface area contributed by atoms with Crippen molar-refractivity contribution in [3.8, 4) is 17.3 Å². The molecule has 1 atom stereocenters. The molecule has 0 bridgehead atoms. The number of carboxylic acid groups (broad SMARTS) is 1. The van der Waals surface area contributed by atoms with Crippen molar-refractivity contribution in [1.29, 1.82) is 0 Å². The zero-order chi connectivity index (χ0) is 29.4. The molecule has 42 heavy (non-hydrogen) atoms. The molecule has 0 spiro atoms. The molecule has 1 aliphatic heterocycles. The summed E-state index contributed by atoms with van der Waals surface area (Å²) >= 11 is 6.64. The van der Waals surface area contributed by atoms with Crippen LogP contribution in [0.2, 0.25) is 0 Å². The van der Waals surface area contributed by atoms with Crippen molar-refractivity contribution in [2.75, 3.05) is 0 Å². The average Bonchev–Trinajstić information content (AvgIpc) is 3.61. The van der Waals surface area contributed by atoms with Gasteiger partial charge in [0.05, 0.1) is 21.8 Å². The summed E-state index contributed by atoms with van der Waals surface area (Å²) in [5, 5.41) is 15.8. The molecule has 2 N–H and O–H groups in total. The number of aromatic nitrogens is 3. The van der Waals surface area contributed by atoms with Crippen LogP contribution in [0.1, 0.15) is 22.4 Å². The molecule has 210 valence electrons. The lowest BCUT2D eigenvalue weighted by molar-refractivity contribution is -0.145. The summed E-state index contributed by atoms with van der Waals surface area (Å²) < 4.78 is 8.27. The Bertz CT molecular complexity index is 1880. The van der Waals surface area contributed by atoms with E-state index in [2.05, 4.69) is 4.98 Å². The number of nitrogens with zero attached hydrogens (tertiary/aromatic N) is 3. The molecule has 3 aromatic carbocycles. The average molecular weight is 595 g/mol. The van der Waals surface area contributed by atoms with Gasteiger partial charge in [-0.15, -0.1) is 0 Å². The zero-order valence-electron chi connectivity index (χ0n) is 22.8. The van der Waals surface area contributed by atoms with Crippen molar-refractivity contribution < 1.29 is 19.4 Å². The third-order valence-corrected chi connectivity index (χ3v) is 8.38. The minimum absolute atomic E-state index is 0.103. The molecule has 6 rings (SSSR count). The first-order valence-corrected chi connectivity index (χ1v) is 14.5. The molecule has 1 saturated heterocycles. The topological polar surface area (TPSA) is 100 Å². The van der Waals surface area contributed by atoms with Gasteiger partial charge in [0, 0.05) is 23.5 Å². The van der Waals surface area contributed by atoms with Gasteiger partial charge in [0.2, 0.25) is 5.88 Å². The van der Waals surface area contributed by atoms with Crippen molar-refractivity contribution in [3.63, 3.8) is 0 Å². The molecule has 3 heterocycles. The Morgan fingerprint density at radius 1 is 1.10 bits per heavy atom. The van der Waals surface area contributed by atoms with Crippen molar-refractivity contribution in [2.24, 2.45) is 0 Å². The van der Waals surface area contributed by atoms with Crippen molar-refractivity contribution in [1.82, 2.24) is 19.7 Å². The highest BCUT2D eigenvalue weighted by Crippen LogP contribution is 2.39. The van der Waals surface area contributed by atoms with E-state index in [0.717, 1.165) is 39.5 Å². The number of hydrogen-bond acceptors (Lipinski definition) is 6. The molecule has 0 radical (unpaired) electrons. The number of ether oxygens (including phenoxy) is 1. The van der Waals surface area contributed by atoms with Gasteiger partial charge >= 0.3 is 5.97 Å². The van der Waals surface area contributed by atoms with Crippen LogP contribution in [0.25, 0.3) is 22.7 Å². The number of hydrogen-bond donors (Lipinski definition) is 2. The molecule has 2 aromatic heterocycles. The molecule has 1 fully saturated rings. The smallest absolute Gasteiger partial charge is 0.327 e. The van der Waals surface area contributed by atoms with Gasteiger partial charge in [-0.1, -0.05) is 72.5 Å². The van der Waals surface area contributed by atoms with E-state index in [4.69, 9.17) is 22.1 Å². The van der Waals surface area contributed by atoms with Crippen LogP contribution in [0.5, 0.6) is 11.6 Å². The quantitative estimate of drug-likeness (QED) is 0.153. The molecule has 10 heteroatoms. The van der Waals surface area contributed by atoms with Gasteiger partial charge in [0.1, 0.15) is 16.1 Å². The number of carboxylic acids is 1. The summed E-state index contributed by atoms with van der Waals surface area (Å²) in [5.74, 6) is -0.540. The molecule has 1 aliphatic rings. The van der Waals surface area contributed by atoms with Crippen molar-refractivity contribution in [3.05, 3.63) is 112 Å². The van der Waals surface area contributed by atoms with E-state index in [-0.39, 0.29) is 10.7 Å². The number of rotatable bonds is 8. The zero-order valence-corrected chi connectivity index (χ0v) is 24.4. The summed E-state index contributed by atoms with van der Waals surface area (Å²) in [6.45, 7) is 3.82. The Morgan fingerprint density at radius 2 is 1.86 bits per heavy atom. The lowest BCUT2D eigenvalue weighted by Gasteiger charge is -2.23. The number of fused-ring (bicyclic) bond motifs is 1. The standard InChI is InChI=1S/C32H26N4O4S2/c1-19-9-8-12-23(15-19)40-30-25(20(2)34-36(30)22-10-4-3-5-11-22)17-28-29(37)35(32(41)42-28)27(31(38)39)16-21-18-33-26-14-7-6-13-24(21)26/h3-15,17-18,27,33H,16H2,1-2H3,(H,38,39)/b28-17-/t27-/m0/s1. The van der Waals surface area contributed by atoms with Gasteiger partial charge in [-0.3, -0.25) is 9.69 Å². The van der Waals surface area contributed by atoms with Crippen LogP contribution in [0.3, 0.4) is 0 Å². The fourth-order valence-corrected chi connectivity index (χ4v) is 6.33. The Kier molecular flexibility index (Phi) is 7.40. The number of carbonyl (C=O) groups is 2. The highest BCUT2D eigenvalue weighted by atomic mass is 32.2.